The molecule has 1 heterocycles. The molecule has 1 N–H and O–H groups in total. The second-order valence-electron chi connectivity index (χ2n) is 4.23. The number of aromatic nitrogens is 1. The van der Waals surface area contributed by atoms with Gasteiger partial charge in [0.25, 0.3) is 0 Å². The number of nitrogens with zero attached hydrogens (tertiary/aromatic N) is 1. The average Bonchev–Trinajstić information content (AvgIpc) is 2.26. The third-order valence-electron chi connectivity index (χ3n) is 2.70. The zero-order chi connectivity index (χ0) is 12.4. The molecule has 0 aliphatic carbocycles. The first-order valence-electron chi connectivity index (χ1n) is 5.53. The van der Waals surface area contributed by atoms with Crippen LogP contribution < -0.4 is 5.32 Å². The van der Waals surface area contributed by atoms with Crippen molar-refractivity contribution in [2.24, 2.45) is 0 Å². The first-order chi connectivity index (χ1) is 8.08. The Balaban J connectivity index is 2.38. The number of pyridine rings is 1. The van der Waals surface area contributed by atoms with Crippen LogP contribution in [0.5, 0.6) is 0 Å². The predicted octanol–water partition coefficient (Wildman–Crippen LogP) is 4.51. The van der Waals surface area contributed by atoms with E-state index in [1.165, 1.54) is 11.1 Å². The molecular formula is C14H15BrN2. The third kappa shape index (κ3) is 2.67. The molecule has 0 saturated heterocycles. The maximum atomic E-state index is 4.40. The molecule has 0 saturated carbocycles. The summed E-state index contributed by atoms with van der Waals surface area (Å²) in [4.78, 5) is 4.40. The lowest BCUT2D eigenvalue weighted by Crippen LogP contribution is -1.99. The van der Waals surface area contributed by atoms with Crippen LogP contribution in [0.3, 0.4) is 0 Å². The molecule has 0 spiro atoms. The Morgan fingerprint density at radius 3 is 2.35 bits per heavy atom. The van der Waals surface area contributed by atoms with Gasteiger partial charge in [-0.05, 0) is 59.5 Å². The lowest BCUT2D eigenvalue weighted by atomic mass is 10.1. The van der Waals surface area contributed by atoms with Crippen molar-refractivity contribution in [1.82, 2.24) is 4.98 Å². The van der Waals surface area contributed by atoms with Gasteiger partial charge < -0.3 is 5.32 Å². The van der Waals surface area contributed by atoms with Gasteiger partial charge in [-0.3, -0.25) is 0 Å². The van der Waals surface area contributed by atoms with Crippen molar-refractivity contribution in [2.75, 3.05) is 5.32 Å². The zero-order valence-corrected chi connectivity index (χ0v) is 11.8. The number of para-hydroxylation sites is 1. The molecule has 0 aliphatic rings. The van der Waals surface area contributed by atoms with E-state index in [4.69, 9.17) is 0 Å². The first kappa shape index (κ1) is 12.1. The summed E-state index contributed by atoms with van der Waals surface area (Å²) in [5.41, 5.74) is 4.71. The summed E-state index contributed by atoms with van der Waals surface area (Å²) in [6.07, 6.45) is 1.86. The molecule has 0 unspecified atom stereocenters. The van der Waals surface area contributed by atoms with Crippen molar-refractivity contribution in [3.05, 3.63) is 51.6 Å². The topological polar surface area (TPSA) is 24.9 Å². The Kier molecular flexibility index (Phi) is 3.48. The molecular weight excluding hydrogens is 276 g/mol. The second kappa shape index (κ2) is 4.88. The molecule has 2 nitrogen and oxygen atoms in total. The van der Waals surface area contributed by atoms with Crippen LogP contribution in [0.25, 0.3) is 0 Å². The molecule has 0 fully saturated rings. The summed E-state index contributed by atoms with van der Waals surface area (Å²) < 4.78 is 0.986. The van der Waals surface area contributed by atoms with Crippen molar-refractivity contribution in [3.63, 3.8) is 0 Å². The van der Waals surface area contributed by atoms with Gasteiger partial charge in [0, 0.05) is 11.9 Å². The van der Waals surface area contributed by atoms with Gasteiger partial charge in [-0.25, -0.2) is 4.98 Å². The molecule has 1 aromatic carbocycles. The van der Waals surface area contributed by atoms with Crippen LogP contribution in [0.4, 0.5) is 11.5 Å². The molecule has 0 radical (unpaired) electrons. The summed E-state index contributed by atoms with van der Waals surface area (Å²) >= 11 is 3.53. The van der Waals surface area contributed by atoms with Gasteiger partial charge in [0.1, 0.15) is 5.82 Å². The second-order valence-corrected chi connectivity index (χ2v) is 5.09. The fourth-order valence-corrected chi connectivity index (χ4v) is 2.32. The Morgan fingerprint density at radius 2 is 1.76 bits per heavy atom. The maximum absolute atomic E-state index is 4.40. The summed E-state index contributed by atoms with van der Waals surface area (Å²) in [5, 5.41) is 3.38. The SMILES string of the molecule is Cc1cnc(Nc2c(C)cccc2C)c(Br)c1. The third-order valence-corrected chi connectivity index (χ3v) is 3.31. The molecule has 3 heteroatoms. The van der Waals surface area contributed by atoms with E-state index in [1.54, 1.807) is 0 Å². The van der Waals surface area contributed by atoms with E-state index in [0.29, 0.717) is 0 Å². The summed E-state index contributed by atoms with van der Waals surface area (Å²) in [6, 6.07) is 8.31. The van der Waals surface area contributed by atoms with E-state index in [-0.39, 0.29) is 0 Å². The van der Waals surface area contributed by atoms with E-state index >= 15 is 0 Å². The average molecular weight is 291 g/mol. The van der Waals surface area contributed by atoms with Crippen molar-refractivity contribution in [3.8, 4) is 0 Å². The highest BCUT2D eigenvalue weighted by Crippen LogP contribution is 2.28. The Hall–Kier alpha value is -1.35. The lowest BCUT2D eigenvalue weighted by molar-refractivity contribution is 1.23. The highest BCUT2D eigenvalue weighted by atomic mass is 79.9. The zero-order valence-electron chi connectivity index (χ0n) is 10.2. The minimum atomic E-state index is 0.855. The highest BCUT2D eigenvalue weighted by molar-refractivity contribution is 9.10. The normalized spacial score (nSPS) is 10.4. The predicted molar refractivity (Wildman–Crippen MR) is 75.9 cm³/mol. The van der Waals surface area contributed by atoms with Gasteiger partial charge in [-0.2, -0.15) is 0 Å². The van der Waals surface area contributed by atoms with Gasteiger partial charge >= 0.3 is 0 Å². The molecule has 2 aromatic rings. The van der Waals surface area contributed by atoms with Crippen molar-refractivity contribution in [2.45, 2.75) is 20.8 Å². The van der Waals surface area contributed by atoms with Gasteiger partial charge in [0.15, 0.2) is 0 Å². The number of hydrogen-bond donors (Lipinski definition) is 1. The van der Waals surface area contributed by atoms with E-state index < -0.39 is 0 Å². The molecule has 0 amide bonds. The highest BCUT2D eigenvalue weighted by Gasteiger charge is 2.06. The minimum absolute atomic E-state index is 0.855. The quantitative estimate of drug-likeness (QED) is 0.880. The molecule has 0 atom stereocenters. The molecule has 1 aromatic heterocycles. The number of halogens is 1. The van der Waals surface area contributed by atoms with Crippen LogP contribution >= 0.6 is 15.9 Å². The van der Waals surface area contributed by atoms with E-state index in [2.05, 4.69) is 64.3 Å². The summed E-state index contributed by atoms with van der Waals surface area (Å²) in [6.45, 7) is 6.22. The number of hydrogen-bond acceptors (Lipinski definition) is 2. The van der Waals surface area contributed by atoms with Crippen molar-refractivity contribution < 1.29 is 0 Å². The van der Waals surface area contributed by atoms with E-state index in [9.17, 15) is 0 Å². The van der Waals surface area contributed by atoms with Crippen molar-refractivity contribution in [1.29, 1.82) is 0 Å². The largest absolute Gasteiger partial charge is 0.339 e. The van der Waals surface area contributed by atoms with E-state index in [1.807, 2.05) is 13.1 Å². The fraction of sp³-hybridized carbons (Fsp3) is 0.214. The number of nitrogens with one attached hydrogen (secondary N) is 1. The number of anilines is 2. The molecule has 0 aliphatic heterocycles. The van der Waals surface area contributed by atoms with Crippen LogP contribution in [0.15, 0.2) is 34.9 Å². The standard InChI is InChI=1S/C14H15BrN2/c1-9-7-12(15)14(16-8-9)17-13-10(2)5-4-6-11(13)3/h4-8H,1-3H3,(H,16,17). The lowest BCUT2D eigenvalue weighted by Gasteiger charge is -2.13. The van der Waals surface area contributed by atoms with Gasteiger partial charge in [-0.15, -0.1) is 0 Å². The monoisotopic (exact) mass is 290 g/mol. The fourth-order valence-electron chi connectivity index (χ4n) is 1.76. The van der Waals surface area contributed by atoms with Crippen LogP contribution in [-0.2, 0) is 0 Å². The van der Waals surface area contributed by atoms with Crippen molar-refractivity contribution >= 4 is 27.4 Å². The number of benzene rings is 1. The van der Waals surface area contributed by atoms with Gasteiger partial charge in [-0.1, -0.05) is 18.2 Å². The minimum Gasteiger partial charge on any atom is -0.339 e. The van der Waals surface area contributed by atoms with Crippen LogP contribution in [-0.4, -0.2) is 4.98 Å². The Morgan fingerprint density at radius 1 is 1.12 bits per heavy atom. The molecule has 88 valence electrons. The smallest absolute Gasteiger partial charge is 0.144 e. The Bertz CT molecular complexity index is 530. The van der Waals surface area contributed by atoms with Crippen LogP contribution in [0, 0.1) is 20.8 Å². The van der Waals surface area contributed by atoms with Gasteiger partial charge in [0.2, 0.25) is 0 Å². The molecule has 2 rings (SSSR count). The van der Waals surface area contributed by atoms with Gasteiger partial charge in [0.05, 0.1) is 4.47 Å². The maximum Gasteiger partial charge on any atom is 0.144 e. The van der Waals surface area contributed by atoms with Crippen LogP contribution in [0.1, 0.15) is 16.7 Å². The summed E-state index contributed by atoms with van der Waals surface area (Å²) in [7, 11) is 0. The molecule has 0 bridgehead atoms. The summed E-state index contributed by atoms with van der Waals surface area (Å²) in [5.74, 6) is 0.855. The number of aryl methyl sites for hydroxylation is 3. The molecule has 17 heavy (non-hydrogen) atoms. The number of rotatable bonds is 2. The van der Waals surface area contributed by atoms with E-state index in [0.717, 1.165) is 21.5 Å². The first-order valence-corrected chi connectivity index (χ1v) is 6.32. The Labute approximate surface area is 110 Å². The van der Waals surface area contributed by atoms with Crippen LogP contribution in [0.2, 0.25) is 0 Å².